The lowest BCUT2D eigenvalue weighted by Crippen LogP contribution is -2.38. The molecule has 3 heterocycles. The first-order valence-corrected chi connectivity index (χ1v) is 19.9. The van der Waals surface area contributed by atoms with E-state index in [4.69, 9.17) is 15.0 Å². The molecule has 0 fully saturated rings. The van der Waals surface area contributed by atoms with Crippen molar-refractivity contribution < 1.29 is 0 Å². The van der Waals surface area contributed by atoms with Crippen LogP contribution in [0.5, 0.6) is 0 Å². The molecule has 3 aliphatic rings. The van der Waals surface area contributed by atoms with Gasteiger partial charge in [-0.3, -0.25) is 0 Å². The molecule has 0 radical (unpaired) electrons. The van der Waals surface area contributed by atoms with Crippen molar-refractivity contribution >= 4 is 23.1 Å². The van der Waals surface area contributed by atoms with Gasteiger partial charge in [-0.25, -0.2) is 15.0 Å². The molecule has 4 heteroatoms. The van der Waals surface area contributed by atoms with Crippen molar-refractivity contribution in [3.63, 3.8) is 0 Å². The fourth-order valence-corrected chi connectivity index (χ4v) is 10.0. The predicted octanol–water partition coefficient (Wildman–Crippen LogP) is 10.8. The lowest BCUT2D eigenvalue weighted by atomic mass is 9.64. The molecule has 12 rings (SSSR count). The van der Waals surface area contributed by atoms with E-state index < -0.39 is 5.41 Å². The van der Waals surface area contributed by atoms with Crippen LogP contribution in [-0.4, -0.2) is 19.5 Å². The van der Waals surface area contributed by atoms with Crippen molar-refractivity contribution in [1.82, 2.24) is 19.5 Å². The Kier molecular flexibility index (Phi) is 6.85. The van der Waals surface area contributed by atoms with Crippen LogP contribution in [0.25, 0.3) is 85.2 Å². The summed E-state index contributed by atoms with van der Waals surface area (Å²) in [5.74, 6) is 2.43. The highest BCUT2D eigenvalue weighted by Crippen LogP contribution is 2.61. The van der Waals surface area contributed by atoms with Gasteiger partial charge in [-0.2, -0.15) is 0 Å². The van der Waals surface area contributed by atoms with Gasteiger partial charge in [0.05, 0.1) is 22.0 Å². The van der Waals surface area contributed by atoms with Crippen molar-refractivity contribution in [3.8, 4) is 62.1 Å². The fourth-order valence-electron chi connectivity index (χ4n) is 10.0. The van der Waals surface area contributed by atoms with Gasteiger partial charge in [-0.1, -0.05) is 177 Å². The Morgan fingerprint density at radius 1 is 0.509 bits per heavy atom. The third-order valence-corrected chi connectivity index (χ3v) is 12.3. The number of aromatic nitrogens is 4. The standard InChI is InChI=1S/C53H36N4/c1-33-29-30-40-42-24-14-27-45-49(42)57(47(40)31-33)46-28-11-10-26-44(46)53(45)43-25-9-8-21-39(43)41-23-13-22-38(48(41)53)36-19-12-20-37(32-36)52-55-50(34-15-4-2-5-16-34)54-51(56-52)35-17-6-3-7-18-35/h2-28,30-33H,29H2,1H3. The summed E-state index contributed by atoms with van der Waals surface area (Å²) in [5.41, 5.74) is 15.0. The quantitative estimate of drug-likeness (QED) is 0.181. The van der Waals surface area contributed by atoms with Crippen LogP contribution in [0.1, 0.15) is 35.6 Å². The summed E-state index contributed by atoms with van der Waals surface area (Å²) in [5, 5.41) is 3.99. The second-order valence-corrected chi connectivity index (χ2v) is 15.6. The molecule has 1 spiro atoms. The lowest BCUT2D eigenvalue weighted by Gasteiger charge is -2.40. The van der Waals surface area contributed by atoms with E-state index in [-0.39, 0.29) is 0 Å². The molecule has 2 aliphatic carbocycles. The monoisotopic (exact) mass is 728 g/mol. The van der Waals surface area contributed by atoms with Crippen LogP contribution in [0.15, 0.2) is 170 Å². The van der Waals surface area contributed by atoms with Gasteiger partial charge in [0, 0.05) is 27.3 Å². The highest BCUT2D eigenvalue weighted by molar-refractivity contribution is 6.00. The predicted molar refractivity (Wildman–Crippen MR) is 231 cm³/mol. The minimum Gasteiger partial charge on any atom is -0.309 e. The molecule has 2 aromatic heterocycles. The van der Waals surface area contributed by atoms with Crippen molar-refractivity contribution in [2.45, 2.75) is 18.8 Å². The van der Waals surface area contributed by atoms with Crippen molar-refractivity contribution in [3.05, 3.63) is 203 Å². The van der Waals surface area contributed by atoms with E-state index in [1.54, 1.807) is 0 Å². The van der Waals surface area contributed by atoms with Crippen LogP contribution < -0.4 is 10.6 Å². The number of hydrogen-bond acceptors (Lipinski definition) is 3. The molecular formula is C53H36N4. The average Bonchev–Trinajstić information content (AvgIpc) is 3.77. The first-order chi connectivity index (χ1) is 28.2. The number of fused-ring (bicyclic) bond motifs is 12. The zero-order valence-electron chi connectivity index (χ0n) is 31.4. The molecule has 57 heavy (non-hydrogen) atoms. The van der Waals surface area contributed by atoms with Gasteiger partial charge in [0.15, 0.2) is 17.5 Å². The highest BCUT2D eigenvalue weighted by atomic mass is 15.0. The fraction of sp³-hybridized carbons (Fsp3) is 0.0755. The maximum atomic E-state index is 5.11. The Bertz CT molecular complexity index is 3180. The molecule has 7 aromatic carbocycles. The Balaban J connectivity index is 1.14. The van der Waals surface area contributed by atoms with Crippen molar-refractivity contribution in [2.75, 3.05) is 0 Å². The number of rotatable bonds is 4. The Morgan fingerprint density at radius 2 is 1.07 bits per heavy atom. The summed E-state index contributed by atoms with van der Waals surface area (Å²) in [6, 6.07) is 61.2. The van der Waals surface area contributed by atoms with Crippen LogP contribution in [-0.2, 0) is 5.41 Å². The Labute approximate surface area is 330 Å². The van der Waals surface area contributed by atoms with Crippen molar-refractivity contribution in [1.29, 1.82) is 0 Å². The zero-order valence-corrected chi connectivity index (χ0v) is 31.4. The molecule has 0 bridgehead atoms. The molecule has 4 nitrogen and oxygen atoms in total. The number of para-hydroxylation sites is 2. The molecule has 0 saturated heterocycles. The van der Waals surface area contributed by atoms with Gasteiger partial charge < -0.3 is 4.57 Å². The smallest absolute Gasteiger partial charge is 0.164 e. The number of hydrogen-bond donors (Lipinski definition) is 0. The first-order valence-electron chi connectivity index (χ1n) is 19.9. The van der Waals surface area contributed by atoms with E-state index >= 15 is 0 Å². The van der Waals surface area contributed by atoms with E-state index in [9.17, 15) is 0 Å². The van der Waals surface area contributed by atoms with Gasteiger partial charge in [-0.05, 0) is 69.0 Å². The van der Waals surface area contributed by atoms with E-state index in [1.165, 1.54) is 66.1 Å². The maximum Gasteiger partial charge on any atom is 0.164 e. The van der Waals surface area contributed by atoms with Crippen LogP contribution >= 0.6 is 0 Å². The summed E-state index contributed by atoms with van der Waals surface area (Å²) in [6.45, 7) is 2.33. The Hall–Kier alpha value is -7.17. The van der Waals surface area contributed by atoms with E-state index in [0.29, 0.717) is 23.4 Å². The molecule has 2 unspecified atom stereocenters. The lowest BCUT2D eigenvalue weighted by molar-refractivity contribution is 0.739. The number of nitrogens with zero attached hydrogens (tertiary/aromatic N) is 4. The van der Waals surface area contributed by atoms with Gasteiger partial charge in [0.1, 0.15) is 0 Å². The van der Waals surface area contributed by atoms with Gasteiger partial charge >= 0.3 is 0 Å². The van der Waals surface area contributed by atoms with Crippen LogP contribution in [0.4, 0.5) is 0 Å². The number of benzene rings is 7. The normalized spacial score (nSPS) is 17.0. The molecule has 9 aromatic rings. The summed E-state index contributed by atoms with van der Waals surface area (Å²) < 4.78 is 2.56. The van der Waals surface area contributed by atoms with E-state index in [1.807, 2.05) is 36.4 Å². The molecule has 1 aliphatic heterocycles. The van der Waals surface area contributed by atoms with Crippen LogP contribution in [0, 0.1) is 5.92 Å². The average molecular weight is 729 g/mol. The summed E-state index contributed by atoms with van der Waals surface area (Å²) in [4.78, 5) is 15.2. The van der Waals surface area contributed by atoms with Crippen LogP contribution in [0.2, 0.25) is 0 Å². The summed E-state index contributed by atoms with van der Waals surface area (Å²) >= 11 is 0. The molecule has 2 atom stereocenters. The summed E-state index contributed by atoms with van der Waals surface area (Å²) in [6.07, 6.45) is 6.00. The van der Waals surface area contributed by atoms with Crippen molar-refractivity contribution in [2.24, 2.45) is 5.92 Å². The van der Waals surface area contributed by atoms with Gasteiger partial charge in [0.2, 0.25) is 0 Å². The molecule has 0 N–H and O–H groups in total. The molecule has 0 saturated carbocycles. The molecule has 0 amide bonds. The highest BCUT2D eigenvalue weighted by Gasteiger charge is 2.51. The third kappa shape index (κ3) is 4.53. The minimum absolute atomic E-state index is 0.480. The minimum atomic E-state index is -0.550. The zero-order chi connectivity index (χ0) is 37.7. The maximum absolute atomic E-state index is 5.11. The molecule has 268 valence electrons. The first kappa shape index (κ1) is 32.1. The Morgan fingerprint density at radius 3 is 1.84 bits per heavy atom. The second kappa shape index (κ2) is 12.2. The van der Waals surface area contributed by atoms with Crippen LogP contribution in [0.3, 0.4) is 0 Å². The SMILES string of the molecule is CC1C=c2c(c3cccc4c3n2-c2ccccc2C42c3ccccc3-c3cccc(-c4cccc(-c5nc(-c6ccccc6)nc(-c6ccccc6)n5)c4)c32)=CC1. The summed E-state index contributed by atoms with van der Waals surface area (Å²) in [7, 11) is 0. The topological polar surface area (TPSA) is 43.6 Å². The second-order valence-electron chi connectivity index (χ2n) is 15.6. The molecular weight excluding hydrogens is 693 g/mol. The third-order valence-electron chi connectivity index (χ3n) is 12.3. The largest absolute Gasteiger partial charge is 0.309 e. The van der Waals surface area contributed by atoms with Gasteiger partial charge in [-0.15, -0.1) is 0 Å². The van der Waals surface area contributed by atoms with E-state index in [2.05, 4.69) is 157 Å². The van der Waals surface area contributed by atoms with E-state index in [0.717, 1.165) is 28.7 Å². The van der Waals surface area contributed by atoms with Gasteiger partial charge in [0.25, 0.3) is 0 Å².